The summed E-state index contributed by atoms with van der Waals surface area (Å²) >= 11 is 9.46. The number of carbonyl (C=O) groups excluding carboxylic acids is 2. The van der Waals surface area contributed by atoms with Gasteiger partial charge in [-0.3, -0.25) is 59.1 Å². The molecule has 0 radical (unpaired) electrons. The van der Waals surface area contributed by atoms with Crippen LogP contribution in [0.25, 0.3) is 44.5 Å². The summed E-state index contributed by atoms with van der Waals surface area (Å²) in [5.41, 5.74) is -1.97. The van der Waals surface area contributed by atoms with Crippen LogP contribution < -0.4 is 29.8 Å². The Hall–Kier alpha value is -14.6. The minimum absolute atomic E-state index is 0.0182. The van der Waals surface area contributed by atoms with Gasteiger partial charge in [-0.2, -0.15) is 4.39 Å². The predicted molar refractivity (Wildman–Crippen MR) is 495 cm³/mol. The lowest BCUT2D eigenvalue weighted by Gasteiger charge is -2.24. The fourth-order valence-corrected chi connectivity index (χ4v) is 14.8. The molecule has 0 bridgehead atoms. The number of aldehydes is 2. The van der Waals surface area contributed by atoms with E-state index in [-0.39, 0.29) is 113 Å². The Balaban J connectivity index is 0.000000212. The zero-order chi connectivity index (χ0) is 104. The van der Waals surface area contributed by atoms with Crippen molar-refractivity contribution in [3.8, 4) is 90.5 Å². The van der Waals surface area contributed by atoms with Crippen LogP contribution in [-0.2, 0) is 9.09 Å². The number of rotatable bonds is 27. The lowest BCUT2D eigenvalue weighted by molar-refractivity contribution is -0.387. The van der Waals surface area contributed by atoms with Crippen molar-refractivity contribution in [2.75, 3.05) is 23.7 Å². The molecule has 141 heavy (non-hydrogen) atoms. The first-order valence-corrected chi connectivity index (χ1v) is 44.4. The molecule has 0 fully saturated rings. The molecule has 0 aromatic heterocycles. The van der Waals surface area contributed by atoms with Gasteiger partial charge in [0.25, 0.3) is 0 Å². The molecule has 14 rings (SSSR count). The molecule has 26 nitrogen and oxygen atoms in total. The van der Waals surface area contributed by atoms with Crippen LogP contribution in [0.5, 0.6) is 46.0 Å². The number of hydrogen-bond acceptors (Lipinski definition) is 20. The Morgan fingerprint density at radius 2 is 0.660 bits per heavy atom. The molecule has 0 heterocycles. The first kappa shape index (κ1) is 112. The van der Waals surface area contributed by atoms with E-state index >= 15 is 0 Å². The summed E-state index contributed by atoms with van der Waals surface area (Å²) in [5, 5.41) is 95.0. The van der Waals surface area contributed by atoms with E-state index in [4.69, 9.17) is 39.0 Å². The number of nitro groups is 4. The maximum Gasteiger partial charge on any atom is 0.491 e. The normalized spacial score (nSPS) is 11.1. The first-order valence-electron chi connectivity index (χ1n) is 39.7. The Morgan fingerprint density at radius 1 is 0.362 bits per heavy atom. The molecular formula is C94H67BBr3F16N6O20P. The fraction of sp³-hybridized carbons (Fsp3) is 0.0851. The van der Waals surface area contributed by atoms with Crippen molar-refractivity contribution in [2.45, 2.75) is 26.1 Å². The highest BCUT2D eigenvalue weighted by atomic mass is 79.9. The predicted octanol–water partition coefficient (Wildman–Crippen LogP) is 25.4. The van der Waals surface area contributed by atoms with E-state index in [2.05, 4.69) is 58.0 Å². The first-order chi connectivity index (χ1) is 66.7. The number of aliphatic hydroxyl groups excluding tert-OH is 1. The number of alkyl halides is 2. The van der Waals surface area contributed by atoms with Crippen molar-refractivity contribution >= 4 is 103 Å². The number of phenols is 2. The van der Waals surface area contributed by atoms with Crippen LogP contribution in [0.1, 0.15) is 57.9 Å². The van der Waals surface area contributed by atoms with Crippen LogP contribution in [-0.4, -0.2) is 88.5 Å². The molecule has 0 aliphatic carbocycles. The highest BCUT2D eigenvalue weighted by molar-refractivity contribution is 9.10. The number of nitrogens with zero attached hydrogens (tertiary/aromatic N) is 4. The molecule has 0 saturated carbocycles. The van der Waals surface area contributed by atoms with Crippen LogP contribution >= 0.6 is 55.5 Å². The maximum absolute atomic E-state index is 14.8. The Kier molecular flexibility index (Phi) is 41.5. The zero-order valence-electron chi connectivity index (χ0n) is 71.7. The van der Waals surface area contributed by atoms with E-state index < -0.39 is 157 Å². The molecule has 2 atom stereocenters. The minimum Gasteiger partial charge on any atom is -0.508 e. The van der Waals surface area contributed by atoms with Gasteiger partial charge in [0.1, 0.15) is 129 Å². The molecule has 0 aliphatic rings. The number of halogens is 19. The third-order valence-corrected chi connectivity index (χ3v) is 21.9. The van der Waals surface area contributed by atoms with Gasteiger partial charge in [-0.05, 0) is 205 Å². The van der Waals surface area contributed by atoms with Gasteiger partial charge in [0, 0.05) is 170 Å². The van der Waals surface area contributed by atoms with Gasteiger partial charge in [-0.25, -0.2) is 76.0 Å². The third-order valence-electron chi connectivity index (χ3n) is 18.6. The third kappa shape index (κ3) is 32.5. The lowest BCUT2D eigenvalue weighted by atomic mass is 9.80. The van der Waals surface area contributed by atoms with Crippen LogP contribution in [0.3, 0.4) is 0 Å². The maximum atomic E-state index is 14.8. The van der Waals surface area contributed by atoms with Crippen LogP contribution in [0.2, 0.25) is 0 Å². The van der Waals surface area contributed by atoms with Gasteiger partial charge in [0.2, 0.25) is 23.1 Å². The molecular weight excluding hydrogens is 2120 g/mol. The second kappa shape index (κ2) is 52.4. The minimum atomic E-state index is -3.47. The monoisotopic (exact) mass is 2180 g/mol. The second-order valence-corrected chi connectivity index (χ2v) is 32.7. The molecule has 0 spiro atoms. The number of hydrogen-bond donors (Lipinski definition) is 7. The summed E-state index contributed by atoms with van der Waals surface area (Å²) in [6, 6.07) is 45.5. The van der Waals surface area contributed by atoms with Crippen molar-refractivity contribution in [3.05, 3.63) is 415 Å². The molecule has 0 saturated heterocycles. The topological polar surface area (TPSA) is 386 Å². The zero-order valence-corrected chi connectivity index (χ0v) is 77.4. The number of phenolic OH excluding ortho intramolecular Hbond substituents is 2. The van der Waals surface area contributed by atoms with Crippen LogP contribution in [0.15, 0.2) is 259 Å². The molecule has 47 heteroatoms. The van der Waals surface area contributed by atoms with Crippen LogP contribution in [0.4, 0.5) is 93.0 Å². The molecule has 7 N–H and O–H groups in total. The van der Waals surface area contributed by atoms with E-state index in [1.165, 1.54) is 116 Å². The molecule has 14 aromatic carbocycles. The van der Waals surface area contributed by atoms with E-state index in [9.17, 15) is 130 Å². The standard InChI is InChI=1S/C24H23Br2F3N3O5P.C20H14F3NO4.C19H10F3NO4.C12H7F3O.C7H4FNO3.C6H5BF2O2.C6H4BrFO/c1-15(37-38(35,30-10-8-25)31-11-9-26)16-2-7-23(32(33)34)24(12-16)36-18-4-6-20(22(29)14-18)19-5-3-17(27)13-21(19)28;1-11(25)12-2-7-19(24(26)27)20(8-12)28-14-4-6-16(18(23)10-14)15-5-3-13(21)9-17(15)22;20-12-2-4-14(16(21)8-12)15-5-3-13(9-17(15)22)27-19-7-11(10-24)1-6-18(19)23(25)26;13-7-1-3-9(11(14)5-7)10-4-2-8(16)6-12(10)15;8-6-3-5(4-10)1-2-7(6)9(11)12;8-4-1-2-5(7(10)11)6(9)3-4;7-5-2-1-4(9)3-6(5)8/h2-7,12-15H,8-11H2,1H3,(H2,30,31,35);2-11,25H,1H3;1-10H;1-6,16H;1-4H;1-3,10-11H;1-3,9H. The number of carbonyl (C=O) groups is 2. The van der Waals surface area contributed by atoms with Crippen molar-refractivity contribution < 1.29 is 148 Å². The van der Waals surface area contributed by atoms with Gasteiger partial charge in [-0.1, -0.05) is 37.9 Å². The smallest absolute Gasteiger partial charge is 0.491 e. The van der Waals surface area contributed by atoms with E-state index in [1.807, 2.05) is 0 Å². The number of aromatic hydroxyl groups is 2. The van der Waals surface area contributed by atoms with Gasteiger partial charge < -0.3 is 39.6 Å². The number of benzene rings is 14. The summed E-state index contributed by atoms with van der Waals surface area (Å²) < 4.78 is 250. The van der Waals surface area contributed by atoms with E-state index in [1.54, 1.807) is 6.92 Å². The van der Waals surface area contributed by atoms with E-state index in [0.29, 0.717) is 82.3 Å². The van der Waals surface area contributed by atoms with Crippen LogP contribution in [0, 0.1) is 134 Å². The number of nitro benzene ring substituents is 4. The van der Waals surface area contributed by atoms with Gasteiger partial charge >= 0.3 is 37.5 Å². The number of aliphatic hydroxyl groups is 1. The van der Waals surface area contributed by atoms with Crippen molar-refractivity contribution in [3.63, 3.8) is 0 Å². The molecule has 14 aromatic rings. The average Bonchev–Trinajstić information content (AvgIpc) is 0.806. The lowest BCUT2D eigenvalue weighted by Crippen LogP contribution is -2.32. The average molecular weight is 2190 g/mol. The van der Waals surface area contributed by atoms with Gasteiger partial charge in [0.05, 0.1) is 36.4 Å². The van der Waals surface area contributed by atoms with Gasteiger partial charge in [0.15, 0.2) is 0 Å². The second-order valence-electron chi connectivity index (χ2n) is 28.4. The van der Waals surface area contributed by atoms with E-state index in [0.717, 1.165) is 115 Å². The Morgan fingerprint density at radius 3 is 0.972 bits per heavy atom. The summed E-state index contributed by atoms with van der Waals surface area (Å²) in [6.07, 6.45) is -0.761. The molecule has 734 valence electrons. The number of ether oxygens (including phenoxy) is 3. The van der Waals surface area contributed by atoms with Crippen molar-refractivity contribution in [1.82, 2.24) is 10.2 Å². The molecule has 2 unspecified atom stereocenters. The van der Waals surface area contributed by atoms with Gasteiger partial charge in [-0.15, -0.1) is 0 Å². The largest absolute Gasteiger partial charge is 0.508 e. The highest BCUT2D eigenvalue weighted by Crippen LogP contribution is 2.46. The Bertz CT molecular complexity index is 6900. The van der Waals surface area contributed by atoms with Crippen molar-refractivity contribution in [1.29, 1.82) is 0 Å². The quantitative estimate of drug-likeness (QED) is 0.00478. The summed E-state index contributed by atoms with van der Waals surface area (Å²) in [6.45, 7) is 3.82. The summed E-state index contributed by atoms with van der Waals surface area (Å²) in [7, 11) is -5.37. The summed E-state index contributed by atoms with van der Waals surface area (Å²) in [4.78, 5) is 62.0. The molecule has 0 amide bonds. The summed E-state index contributed by atoms with van der Waals surface area (Å²) in [5.74, 6) is -14.4. The SMILES string of the molecule is CC(O)c1ccc([N+](=O)[O-])c(Oc2ccc(-c3ccc(F)cc3F)c(F)c2)c1.CC(OP(=O)(NCCBr)NCCBr)c1ccc([N+](=O)[O-])c(Oc2ccc(-c3ccc(F)cc3F)c(F)c2)c1.O=Cc1ccc([N+](=O)[O-])c(F)c1.O=Cc1ccc([N+](=O)[O-])c(Oc2ccc(-c3ccc(F)cc3F)c(F)c2)c1.OB(O)c1ccc(F)cc1F.Oc1ccc(-c2ccc(F)cc2F)c(F)c1.Oc1ccc(Br)c(F)c1. The molecule has 0 aliphatic heterocycles. The highest BCUT2D eigenvalue weighted by Gasteiger charge is 2.30. The fourth-order valence-electron chi connectivity index (χ4n) is 11.9. The Labute approximate surface area is 812 Å². The number of nitrogens with one attached hydrogen (secondary N) is 2. The van der Waals surface area contributed by atoms with Crippen molar-refractivity contribution in [2.24, 2.45) is 0 Å².